The Hall–Kier alpha value is -0.700. The number of aromatic nitrogens is 1. The number of carbonyl (C=O) groups is 1. The van der Waals surface area contributed by atoms with Crippen LogP contribution in [0.2, 0.25) is 0 Å². The van der Waals surface area contributed by atoms with Crippen molar-refractivity contribution in [1.29, 1.82) is 0 Å². The Bertz CT molecular complexity index is 422. The van der Waals surface area contributed by atoms with E-state index in [9.17, 15) is 4.79 Å². The van der Waals surface area contributed by atoms with Crippen molar-refractivity contribution in [1.82, 2.24) is 4.57 Å². The molecule has 94 valence electrons. The van der Waals surface area contributed by atoms with E-state index >= 15 is 0 Å². The zero-order valence-electron chi connectivity index (χ0n) is 11.0. The van der Waals surface area contributed by atoms with Gasteiger partial charge in [0.25, 0.3) is 0 Å². The lowest BCUT2D eigenvalue weighted by Gasteiger charge is -2.19. The minimum Gasteiger partial charge on any atom is -0.348 e. The lowest BCUT2D eigenvalue weighted by atomic mass is 9.96. The molecule has 0 aromatic carbocycles. The molecule has 0 bridgehead atoms. The molecule has 0 spiro atoms. The minimum absolute atomic E-state index is 0.339. The summed E-state index contributed by atoms with van der Waals surface area (Å²) in [5.74, 6) is 2.18. The molecule has 0 fully saturated rings. The quantitative estimate of drug-likeness (QED) is 0.819. The van der Waals surface area contributed by atoms with Crippen molar-refractivity contribution in [3.63, 3.8) is 0 Å². The van der Waals surface area contributed by atoms with Crippen LogP contribution in [0.5, 0.6) is 0 Å². The molecule has 0 amide bonds. The second-order valence-corrected chi connectivity index (χ2v) is 6.00. The first-order chi connectivity index (χ1) is 8.13. The molecule has 3 heteroatoms. The summed E-state index contributed by atoms with van der Waals surface area (Å²) < 4.78 is 2.37. The molecule has 1 aliphatic rings. The van der Waals surface area contributed by atoms with Gasteiger partial charge in [0, 0.05) is 29.9 Å². The summed E-state index contributed by atoms with van der Waals surface area (Å²) in [5.41, 5.74) is 3.52. The number of ketones is 1. The van der Waals surface area contributed by atoms with Crippen LogP contribution >= 0.6 is 11.8 Å². The van der Waals surface area contributed by atoms with Crippen LogP contribution in [0.4, 0.5) is 0 Å². The summed E-state index contributed by atoms with van der Waals surface area (Å²) in [4.78, 5) is 11.8. The lowest BCUT2D eigenvalue weighted by Crippen LogP contribution is -2.17. The van der Waals surface area contributed by atoms with Crippen LogP contribution in [-0.2, 0) is 13.0 Å². The summed E-state index contributed by atoms with van der Waals surface area (Å²) in [5, 5.41) is 0. The average molecular weight is 251 g/mol. The number of hydrogen-bond donors (Lipinski definition) is 0. The molecule has 1 aliphatic carbocycles. The molecule has 2 nitrogen and oxygen atoms in total. The molecular weight excluding hydrogens is 230 g/mol. The van der Waals surface area contributed by atoms with E-state index in [1.165, 1.54) is 17.1 Å². The third-order valence-corrected chi connectivity index (χ3v) is 4.38. The highest BCUT2D eigenvalue weighted by atomic mass is 32.2. The Kier molecular flexibility index (Phi) is 3.97. The molecule has 17 heavy (non-hydrogen) atoms. The van der Waals surface area contributed by atoms with Gasteiger partial charge in [-0.1, -0.05) is 6.92 Å². The Morgan fingerprint density at radius 1 is 1.47 bits per heavy atom. The van der Waals surface area contributed by atoms with Crippen LogP contribution < -0.4 is 0 Å². The normalized spacial score (nSPS) is 17.0. The predicted octanol–water partition coefficient (Wildman–Crippen LogP) is 3.31. The topological polar surface area (TPSA) is 22.0 Å². The number of carbonyl (C=O) groups excluding carboxylic acids is 1. The van der Waals surface area contributed by atoms with Gasteiger partial charge in [0.2, 0.25) is 0 Å². The molecule has 0 saturated heterocycles. The molecule has 0 aliphatic heterocycles. The Morgan fingerprint density at radius 3 is 2.94 bits per heavy atom. The maximum atomic E-state index is 11.8. The van der Waals surface area contributed by atoms with Gasteiger partial charge in [0.15, 0.2) is 5.78 Å². The van der Waals surface area contributed by atoms with Crippen molar-refractivity contribution in [2.24, 2.45) is 5.92 Å². The maximum absolute atomic E-state index is 11.8. The summed E-state index contributed by atoms with van der Waals surface area (Å²) in [7, 11) is 0. The van der Waals surface area contributed by atoms with Crippen molar-refractivity contribution in [3.05, 3.63) is 23.0 Å². The zero-order chi connectivity index (χ0) is 12.4. The predicted molar refractivity (Wildman–Crippen MR) is 74.0 cm³/mol. The van der Waals surface area contributed by atoms with Crippen LogP contribution in [0.15, 0.2) is 6.07 Å². The van der Waals surface area contributed by atoms with Crippen LogP contribution in [0.3, 0.4) is 0 Å². The third-order valence-electron chi connectivity index (χ3n) is 3.48. The summed E-state index contributed by atoms with van der Waals surface area (Å²) in [6, 6.07) is 2.09. The Labute approximate surface area is 108 Å². The van der Waals surface area contributed by atoms with Gasteiger partial charge in [0.05, 0.1) is 0 Å². The van der Waals surface area contributed by atoms with Gasteiger partial charge in [0.1, 0.15) is 0 Å². The van der Waals surface area contributed by atoms with E-state index in [-0.39, 0.29) is 0 Å². The number of rotatable bonds is 4. The first-order valence-electron chi connectivity index (χ1n) is 6.34. The second kappa shape index (κ2) is 5.30. The highest BCUT2D eigenvalue weighted by Gasteiger charge is 2.22. The molecule has 0 saturated carbocycles. The molecule has 2 rings (SSSR count). The number of nitrogens with zero attached hydrogens (tertiary/aromatic N) is 1. The SMILES string of the molecule is CSCC(C)Cn1c(C)cc2c1CCCC2=O. The van der Waals surface area contributed by atoms with E-state index in [0.717, 1.165) is 31.4 Å². The molecule has 1 heterocycles. The zero-order valence-corrected chi connectivity index (χ0v) is 11.8. The van der Waals surface area contributed by atoms with Crippen LogP contribution in [0.25, 0.3) is 0 Å². The smallest absolute Gasteiger partial charge is 0.164 e. The largest absolute Gasteiger partial charge is 0.348 e. The van der Waals surface area contributed by atoms with E-state index in [4.69, 9.17) is 0 Å². The van der Waals surface area contributed by atoms with E-state index in [0.29, 0.717) is 11.7 Å². The van der Waals surface area contributed by atoms with Crippen LogP contribution in [0, 0.1) is 12.8 Å². The monoisotopic (exact) mass is 251 g/mol. The van der Waals surface area contributed by atoms with Gasteiger partial charge in [-0.15, -0.1) is 0 Å². The minimum atomic E-state index is 0.339. The number of fused-ring (bicyclic) bond motifs is 1. The fraction of sp³-hybridized carbons (Fsp3) is 0.643. The molecule has 1 aromatic heterocycles. The van der Waals surface area contributed by atoms with Crippen molar-refractivity contribution in [3.8, 4) is 0 Å². The van der Waals surface area contributed by atoms with Gasteiger partial charge in [-0.3, -0.25) is 4.79 Å². The number of thioether (sulfide) groups is 1. The number of aryl methyl sites for hydroxylation is 1. The second-order valence-electron chi connectivity index (χ2n) is 5.09. The van der Waals surface area contributed by atoms with Crippen molar-refractivity contribution < 1.29 is 4.79 Å². The molecule has 1 unspecified atom stereocenters. The number of Topliss-reactive ketones (excluding diaryl/α,β-unsaturated/α-hetero) is 1. The highest BCUT2D eigenvalue weighted by molar-refractivity contribution is 7.98. The Morgan fingerprint density at radius 2 is 2.24 bits per heavy atom. The average Bonchev–Trinajstić information content (AvgIpc) is 2.58. The summed E-state index contributed by atoms with van der Waals surface area (Å²) >= 11 is 1.90. The number of hydrogen-bond acceptors (Lipinski definition) is 2. The highest BCUT2D eigenvalue weighted by Crippen LogP contribution is 2.26. The molecular formula is C14H21NOS. The first kappa shape index (κ1) is 12.7. The van der Waals surface area contributed by atoms with E-state index in [1.54, 1.807) is 0 Å². The van der Waals surface area contributed by atoms with Crippen molar-refractivity contribution in [2.45, 2.75) is 39.7 Å². The molecule has 1 atom stereocenters. The lowest BCUT2D eigenvalue weighted by molar-refractivity contribution is 0.0971. The van der Waals surface area contributed by atoms with Crippen LogP contribution in [-0.4, -0.2) is 22.4 Å². The summed E-state index contributed by atoms with van der Waals surface area (Å²) in [6.07, 6.45) is 4.97. The van der Waals surface area contributed by atoms with Gasteiger partial charge in [-0.2, -0.15) is 11.8 Å². The van der Waals surface area contributed by atoms with Gasteiger partial charge < -0.3 is 4.57 Å². The molecule has 1 aromatic rings. The molecule has 0 N–H and O–H groups in total. The van der Waals surface area contributed by atoms with Gasteiger partial charge in [-0.25, -0.2) is 0 Å². The standard InChI is InChI=1S/C14H21NOS/c1-10(9-17-3)8-15-11(2)7-12-13(15)5-4-6-14(12)16/h7,10H,4-6,8-9H2,1-3H3. The van der Waals surface area contributed by atoms with E-state index in [1.807, 2.05) is 11.8 Å². The van der Waals surface area contributed by atoms with Gasteiger partial charge >= 0.3 is 0 Å². The van der Waals surface area contributed by atoms with Crippen LogP contribution in [0.1, 0.15) is 41.5 Å². The van der Waals surface area contributed by atoms with Crippen molar-refractivity contribution in [2.75, 3.05) is 12.0 Å². The maximum Gasteiger partial charge on any atom is 0.164 e. The Balaban J connectivity index is 2.25. The van der Waals surface area contributed by atoms with E-state index < -0.39 is 0 Å². The van der Waals surface area contributed by atoms with Gasteiger partial charge in [-0.05, 0) is 43.8 Å². The molecule has 0 radical (unpaired) electrons. The fourth-order valence-electron chi connectivity index (χ4n) is 2.69. The summed E-state index contributed by atoms with van der Waals surface area (Å²) in [6.45, 7) is 5.46. The fourth-order valence-corrected chi connectivity index (χ4v) is 3.37. The first-order valence-corrected chi connectivity index (χ1v) is 7.74. The van der Waals surface area contributed by atoms with E-state index in [2.05, 4.69) is 30.7 Å². The van der Waals surface area contributed by atoms with Crippen molar-refractivity contribution >= 4 is 17.5 Å². The third kappa shape index (κ3) is 2.59.